The van der Waals surface area contributed by atoms with Gasteiger partial charge < -0.3 is 65.6 Å². The van der Waals surface area contributed by atoms with Gasteiger partial charge in [-0.05, 0) is 129 Å². The number of hydrogen-bond acceptors (Lipinski definition) is 23. The maximum Gasteiger partial charge on any atom is 0.414 e. The van der Waals surface area contributed by atoms with E-state index in [0.717, 1.165) is 70.7 Å². The molecule has 4 aliphatic heterocycles. The minimum absolute atomic E-state index is 0.0133. The summed E-state index contributed by atoms with van der Waals surface area (Å²) in [7, 11) is 0. The highest BCUT2D eigenvalue weighted by Gasteiger charge is 2.37. The average Bonchev–Trinajstić information content (AvgIpc) is 1.62. The zero-order chi connectivity index (χ0) is 82.7. The fourth-order valence-corrected chi connectivity index (χ4v) is 14.5. The molecule has 2 aliphatic carbocycles. The van der Waals surface area contributed by atoms with Gasteiger partial charge in [0.25, 0.3) is 11.6 Å². The molecular weight excluding hydrogens is 1510 g/mol. The molecule has 29 nitrogen and oxygen atoms in total. The van der Waals surface area contributed by atoms with E-state index in [1.54, 1.807) is 77.7 Å². The van der Waals surface area contributed by atoms with Crippen LogP contribution in [0.2, 0.25) is 0 Å². The third kappa shape index (κ3) is 21.4. The van der Waals surface area contributed by atoms with Crippen molar-refractivity contribution < 1.29 is 90.4 Å². The fourth-order valence-electron chi connectivity index (χ4n) is 14.5. The van der Waals surface area contributed by atoms with E-state index in [2.05, 4.69) is 37.7 Å². The van der Waals surface area contributed by atoms with Crippen molar-refractivity contribution in [3.63, 3.8) is 0 Å². The molecule has 0 spiro atoms. The number of carbonyl (C=O) groups is 12. The molecule has 0 aromatic heterocycles. The number of amides is 5. The van der Waals surface area contributed by atoms with E-state index in [-0.39, 0.29) is 125 Å². The number of Topliss-reactive ketones (excluding diaryl/α,β-unsaturated/α-hetero) is 4. The molecule has 4 fully saturated rings. The average molecular weight is 1600 g/mol. The molecule has 4 saturated heterocycles. The fraction of sp³-hybridized carbons (Fsp3) is 0.302. The predicted molar refractivity (Wildman–Crippen MR) is 430 cm³/mol. The Hall–Kier alpha value is -13.3. The molecule has 0 bridgehead atoms. The number of nitrogens with one attached hydrogen (secondary N) is 7. The van der Waals surface area contributed by atoms with Crippen molar-refractivity contribution in [1.29, 1.82) is 0 Å². The van der Waals surface area contributed by atoms with Gasteiger partial charge in [0, 0.05) is 120 Å². The van der Waals surface area contributed by atoms with Gasteiger partial charge in [-0.1, -0.05) is 97.1 Å². The number of hydrogen-bond donors (Lipinski definition) is 8. The van der Waals surface area contributed by atoms with E-state index in [1.807, 2.05) is 107 Å². The number of rotatable bonds is 30. The summed E-state index contributed by atoms with van der Waals surface area (Å²) < 4.78 is 51.0. The molecule has 14 rings (SSSR count). The van der Waals surface area contributed by atoms with E-state index in [9.17, 15) is 61.9 Å². The van der Waals surface area contributed by atoms with Gasteiger partial charge in [-0.2, -0.15) is 0 Å². The van der Waals surface area contributed by atoms with Crippen LogP contribution in [0, 0.1) is 11.6 Å². The number of benzene rings is 8. The standard InChI is InChI=1S/C43H43FN6O8.C27H24N2O6.C16H21FN4O3/c1-27(51)45-23-31-25-50(43(56)58-31)30-14-15-38(37(44)22-30)48-18-20-49(21-19-48)41(54)17-16-39(52)28-10-12-29(13-11-28)47-46-24-40(53)42(55)57-26-36-34-8-4-2-6-32(34)33-7-3-5-9-35(33)36;30-24(13-14-26(32)33)17-9-11-18(12-10-17)29-28-15-25(31)27(34)35-16-23-21-7-3-1-5-19(21)20-6-2-4-8-22(20)23;1-11(22)19-9-13-10-21(16(23)24-13)12-2-3-15(14(17)8-12)20-6-4-18-5-7-20/h2-15,22,31,36,46-47H,16-21,23-26H2,1H3,(H,45,51);1-12,23,28-29H,13-16H2,(H,32,33);2-3,8,13,18H,4-7,9-10H2,1H3,(H,19,22)/t31-;;13-/m0.0/s1. The third-order valence-electron chi connectivity index (χ3n) is 20.5. The highest BCUT2D eigenvalue weighted by atomic mass is 19.1. The molecular formula is C86H88F2N12O17. The van der Waals surface area contributed by atoms with Crippen molar-refractivity contribution in [3.8, 4) is 22.3 Å². The van der Waals surface area contributed by atoms with Crippen LogP contribution in [-0.4, -0.2) is 198 Å². The van der Waals surface area contributed by atoms with Gasteiger partial charge in [0.05, 0.1) is 68.4 Å². The Kier molecular flexibility index (Phi) is 27.9. The van der Waals surface area contributed by atoms with Gasteiger partial charge in [0.1, 0.15) is 37.1 Å². The molecule has 8 N–H and O–H groups in total. The normalized spacial score (nSPS) is 15.8. The van der Waals surface area contributed by atoms with Gasteiger partial charge in [-0.15, -0.1) is 0 Å². The van der Waals surface area contributed by atoms with E-state index >= 15 is 4.39 Å². The molecule has 31 heteroatoms. The van der Waals surface area contributed by atoms with Crippen molar-refractivity contribution in [2.75, 3.05) is 135 Å². The number of halogens is 2. The lowest BCUT2D eigenvalue weighted by Crippen LogP contribution is -2.49. The SMILES string of the molecule is CC(=O)NC[C@H]1CN(c2ccc(N3CCN(C(=O)CCC(=O)c4ccc(NNCC(=O)C(=O)OCC5c6ccccc6-c6ccccc65)cc4)CC3)c(F)c2)C(=O)O1.CC(=O)NC[C@H]1CN(c2ccc(N3CCNCC3)c(F)c2)C(=O)O1.O=C(O)CCC(=O)c1ccc(NNCC(=O)C(=O)OCC2c3ccccc3-c3ccccc32)cc1. The quantitative estimate of drug-likeness (QED) is 0.00685. The van der Waals surface area contributed by atoms with Gasteiger partial charge in [0.2, 0.25) is 17.7 Å². The summed E-state index contributed by atoms with van der Waals surface area (Å²) in [5.41, 5.74) is 23.3. The first kappa shape index (κ1) is 83.2. The van der Waals surface area contributed by atoms with Crippen LogP contribution < -0.4 is 57.3 Å². The van der Waals surface area contributed by atoms with E-state index in [1.165, 1.54) is 35.8 Å². The number of ether oxygens (including phenoxy) is 4. The van der Waals surface area contributed by atoms with Crippen LogP contribution >= 0.6 is 0 Å². The van der Waals surface area contributed by atoms with Crippen molar-refractivity contribution in [2.45, 2.75) is 63.6 Å². The van der Waals surface area contributed by atoms with E-state index < -0.39 is 59.7 Å². The summed E-state index contributed by atoms with van der Waals surface area (Å²) in [5, 5.41) is 17.1. The number of carboxylic acids is 1. The largest absolute Gasteiger partial charge is 0.481 e. The van der Waals surface area contributed by atoms with Crippen LogP contribution in [0.25, 0.3) is 22.3 Å². The summed E-state index contributed by atoms with van der Waals surface area (Å²) >= 11 is 0. The lowest BCUT2D eigenvalue weighted by Gasteiger charge is -2.36. The lowest BCUT2D eigenvalue weighted by molar-refractivity contribution is -0.153. The third-order valence-corrected chi connectivity index (χ3v) is 20.5. The molecule has 608 valence electrons. The van der Waals surface area contributed by atoms with Crippen molar-refractivity contribution >= 4 is 105 Å². The van der Waals surface area contributed by atoms with Crippen LogP contribution in [0.4, 0.5) is 52.5 Å². The predicted octanol–water partition coefficient (Wildman–Crippen LogP) is 8.71. The van der Waals surface area contributed by atoms with Gasteiger partial charge >= 0.3 is 30.1 Å². The number of nitrogens with zero attached hydrogens (tertiary/aromatic N) is 5. The minimum atomic E-state index is -1.03. The second-order valence-corrected chi connectivity index (χ2v) is 28.3. The Bertz CT molecular complexity index is 4950. The lowest BCUT2D eigenvalue weighted by atomic mass is 9.98. The topological polar surface area (TPSA) is 362 Å². The minimum Gasteiger partial charge on any atom is -0.481 e. The number of piperazine rings is 2. The maximum absolute atomic E-state index is 15.2. The summed E-state index contributed by atoms with van der Waals surface area (Å²) in [6.07, 6.45) is -2.38. The Balaban J connectivity index is 0.000000180. The smallest absolute Gasteiger partial charge is 0.414 e. The summed E-state index contributed by atoms with van der Waals surface area (Å²) in [4.78, 5) is 153. The molecule has 8 aromatic carbocycles. The number of hydrazine groups is 2. The van der Waals surface area contributed by atoms with E-state index in [0.29, 0.717) is 71.4 Å². The molecule has 5 amide bonds. The molecule has 2 atom stereocenters. The number of carboxylic acid groups (broad SMARTS) is 1. The first-order valence-corrected chi connectivity index (χ1v) is 38.3. The van der Waals surface area contributed by atoms with Crippen molar-refractivity contribution in [2.24, 2.45) is 0 Å². The number of carbonyl (C=O) groups excluding carboxylic acids is 11. The summed E-state index contributed by atoms with van der Waals surface area (Å²) in [5.74, 6) is -6.55. The van der Waals surface area contributed by atoms with Crippen molar-refractivity contribution in [1.82, 2.24) is 31.7 Å². The van der Waals surface area contributed by atoms with Gasteiger partial charge in [0.15, 0.2) is 11.6 Å². The molecule has 0 unspecified atom stereocenters. The molecule has 117 heavy (non-hydrogen) atoms. The monoisotopic (exact) mass is 1600 g/mol. The second kappa shape index (κ2) is 39.2. The maximum atomic E-state index is 15.2. The zero-order valence-electron chi connectivity index (χ0n) is 64.2. The highest BCUT2D eigenvalue weighted by molar-refractivity contribution is 6.35. The van der Waals surface area contributed by atoms with Gasteiger partial charge in [-0.3, -0.25) is 48.2 Å². The number of esters is 2. The first-order chi connectivity index (χ1) is 56.5. The number of fused-ring (bicyclic) bond motifs is 6. The van der Waals surface area contributed by atoms with Crippen LogP contribution in [-0.2, 0) is 57.3 Å². The Morgan fingerprint density at radius 1 is 0.470 bits per heavy atom. The second-order valence-electron chi connectivity index (χ2n) is 28.3. The molecule has 6 aliphatic rings. The molecule has 0 radical (unpaired) electrons. The molecule has 4 heterocycles. The number of anilines is 6. The van der Waals surface area contributed by atoms with Crippen LogP contribution in [0.5, 0.6) is 0 Å². The Morgan fingerprint density at radius 3 is 1.22 bits per heavy atom. The molecule has 0 saturated carbocycles. The van der Waals surface area contributed by atoms with Crippen LogP contribution in [0.1, 0.15) is 94.3 Å². The Labute approximate surface area is 672 Å². The first-order valence-electron chi connectivity index (χ1n) is 38.3. The van der Waals surface area contributed by atoms with Crippen molar-refractivity contribution in [3.05, 3.63) is 227 Å². The zero-order valence-corrected chi connectivity index (χ0v) is 64.2. The summed E-state index contributed by atoms with van der Waals surface area (Å²) in [6.45, 7) is 7.82. The highest BCUT2D eigenvalue weighted by Crippen LogP contribution is 2.46. The van der Waals surface area contributed by atoms with Crippen LogP contribution in [0.3, 0.4) is 0 Å². The number of aliphatic carboxylic acids is 1. The number of cyclic esters (lactones) is 2. The van der Waals surface area contributed by atoms with E-state index in [4.69, 9.17) is 24.1 Å². The molecule has 8 aromatic rings. The van der Waals surface area contributed by atoms with Gasteiger partial charge in [-0.25, -0.2) is 38.8 Å². The van der Waals surface area contributed by atoms with Crippen LogP contribution in [0.15, 0.2) is 182 Å². The Morgan fingerprint density at radius 2 is 0.846 bits per heavy atom. The number of ketones is 4. The summed E-state index contributed by atoms with van der Waals surface area (Å²) in [6, 6.07) is 53.9.